The van der Waals surface area contributed by atoms with Gasteiger partial charge >= 0.3 is 5.97 Å². The van der Waals surface area contributed by atoms with E-state index >= 15 is 0 Å². The zero-order valence-corrected chi connectivity index (χ0v) is 14.7. The van der Waals surface area contributed by atoms with E-state index in [1.165, 1.54) is 0 Å². The number of hydrogen-bond donors (Lipinski definition) is 1. The van der Waals surface area contributed by atoms with Gasteiger partial charge in [0.25, 0.3) is 0 Å². The summed E-state index contributed by atoms with van der Waals surface area (Å²) < 4.78 is 6.88. The quantitative estimate of drug-likeness (QED) is 0.830. The van der Waals surface area contributed by atoms with E-state index < -0.39 is 0 Å². The number of aryl methyl sites for hydroxylation is 2. The molecule has 1 aromatic heterocycles. The molecule has 0 saturated carbocycles. The van der Waals surface area contributed by atoms with Gasteiger partial charge in [0.1, 0.15) is 6.54 Å². The number of nitrogens with one attached hydrogen (secondary N) is 1. The molecule has 128 valence electrons. The van der Waals surface area contributed by atoms with Crippen LogP contribution in [0, 0.1) is 20.8 Å². The highest BCUT2D eigenvalue weighted by molar-refractivity contribution is 5.91. The molecule has 1 amide bonds. The molecule has 2 aromatic rings. The maximum atomic E-state index is 12.3. The molecule has 1 aromatic carbocycles. The second-order valence-electron chi connectivity index (χ2n) is 5.79. The second-order valence-corrected chi connectivity index (χ2v) is 5.79. The maximum Gasteiger partial charge on any atom is 0.339 e. The summed E-state index contributed by atoms with van der Waals surface area (Å²) in [6, 6.07) is 9.72. The summed E-state index contributed by atoms with van der Waals surface area (Å²) in [7, 11) is 0. The van der Waals surface area contributed by atoms with Crippen LogP contribution in [0.2, 0.25) is 0 Å². The Balaban J connectivity index is 2.04. The standard InChI is InChI=1S/C19H24N2O3/c1-5-24-19(23)17-10-14(3)21(15(17)4)12-18(22)20-11-16-9-7-6-8-13(16)2/h6-10H,5,11-12H2,1-4H3,(H,20,22). The smallest absolute Gasteiger partial charge is 0.339 e. The van der Waals surface area contributed by atoms with Crippen molar-refractivity contribution in [2.24, 2.45) is 0 Å². The number of aromatic nitrogens is 1. The number of amides is 1. The van der Waals surface area contributed by atoms with E-state index in [0.717, 1.165) is 22.5 Å². The van der Waals surface area contributed by atoms with Crippen molar-refractivity contribution < 1.29 is 14.3 Å². The number of carbonyl (C=O) groups excluding carboxylic acids is 2. The van der Waals surface area contributed by atoms with Crippen molar-refractivity contribution in [2.45, 2.75) is 40.8 Å². The molecule has 0 unspecified atom stereocenters. The van der Waals surface area contributed by atoms with Crippen LogP contribution in [0.3, 0.4) is 0 Å². The van der Waals surface area contributed by atoms with Gasteiger partial charge in [0.15, 0.2) is 0 Å². The minimum Gasteiger partial charge on any atom is -0.462 e. The fraction of sp³-hybridized carbons (Fsp3) is 0.368. The highest BCUT2D eigenvalue weighted by Crippen LogP contribution is 2.16. The molecule has 0 atom stereocenters. The first-order chi connectivity index (χ1) is 11.4. The Morgan fingerprint density at radius 3 is 2.54 bits per heavy atom. The van der Waals surface area contributed by atoms with E-state index in [4.69, 9.17) is 4.74 Å². The van der Waals surface area contributed by atoms with Gasteiger partial charge < -0.3 is 14.6 Å². The summed E-state index contributed by atoms with van der Waals surface area (Å²) in [5.41, 5.74) is 4.37. The van der Waals surface area contributed by atoms with Crippen LogP contribution in [-0.2, 0) is 22.6 Å². The Hall–Kier alpha value is -2.56. The topological polar surface area (TPSA) is 60.3 Å². The Bertz CT molecular complexity index is 747. The number of carbonyl (C=O) groups is 2. The molecule has 5 nitrogen and oxygen atoms in total. The molecule has 1 N–H and O–H groups in total. The van der Waals surface area contributed by atoms with Gasteiger partial charge in [-0.2, -0.15) is 0 Å². The van der Waals surface area contributed by atoms with Crippen molar-refractivity contribution >= 4 is 11.9 Å². The molecule has 24 heavy (non-hydrogen) atoms. The Labute approximate surface area is 142 Å². The molecule has 0 fully saturated rings. The van der Waals surface area contributed by atoms with Crippen LogP contribution in [0.1, 0.15) is 39.8 Å². The minimum absolute atomic E-state index is 0.0875. The van der Waals surface area contributed by atoms with E-state index in [9.17, 15) is 9.59 Å². The van der Waals surface area contributed by atoms with Gasteiger partial charge in [0.05, 0.1) is 12.2 Å². The largest absolute Gasteiger partial charge is 0.462 e. The summed E-state index contributed by atoms with van der Waals surface area (Å²) in [4.78, 5) is 24.2. The normalized spacial score (nSPS) is 10.5. The molecule has 5 heteroatoms. The average Bonchev–Trinajstić information content (AvgIpc) is 2.82. The molecule has 0 spiro atoms. The molecule has 0 bridgehead atoms. The first-order valence-corrected chi connectivity index (χ1v) is 8.09. The molecule has 1 heterocycles. The number of nitrogens with zero attached hydrogens (tertiary/aromatic N) is 1. The van der Waals surface area contributed by atoms with Crippen molar-refractivity contribution in [3.63, 3.8) is 0 Å². The third kappa shape index (κ3) is 4.04. The van der Waals surface area contributed by atoms with Crippen molar-refractivity contribution in [3.05, 3.63) is 58.4 Å². The molecule has 0 radical (unpaired) electrons. The predicted octanol–water partition coefficient (Wildman–Crippen LogP) is 2.91. The van der Waals surface area contributed by atoms with E-state index in [1.807, 2.05) is 49.6 Å². The Morgan fingerprint density at radius 1 is 1.17 bits per heavy atom. The van der Waals surface area contributed by atoms with E-state index in [2.05, 4.69) is 5.32 Å². The minimum atomic E-state index is -0.350. The zero-order chi connectivity index (χ0) is 17.7. The van der Waals surface area contributed by atoms with Crippen molar-refractivity contribution in [3.8, 4) is 0 Å². The SMILES string of the molecule is CCOC(=O)c1cc(C)n(CC(=O)NCc2ccccc2C)c1C. The first-order valence-electron chi connectivity index (χ1n) is 8.09. The average molecular weight is 328 g/mol. The first kappa shape index (κ1) is 17.8. The van der Waals surface area contributed by atoms with Crippen LogP contribution < -0.4 is 5.32 Å². The summed E-state index contributed by atoms with van der Waals surface area (Å²) in [6.45, 7) is 8.51. The van der Waals surface area contributed by atoms with Gasteiger partial charge in [-0.25, -0.2) is 4.79 Å². The van der Waals surface area contributed by atoms with Crippen LogP contribution in [0.5, 0.6) is 0 Å². The summed E-state index contributed by atoms with van der Waals surface area (Å²) >= 11 is 0. The van der Waals surface area contributed by atoms with Gasteiger partial charge in [0, 0.05) is 17.9 Å². The molecule has 0 aliphatic carbocycles. The molecular formula is C19H24N2O3. The van der Waals surface area contributed by atoms with Crippen molar-refractivity contribution in [2.75, 3.05) is 6.61 Å². The number of rotatable bonds is 6. The Morgan fingerprint density at radius 2 is 1.88 bits per heavy atom. The lowest BCUT2D eigenvalue weighted by molar-refractivity contribution is -0.121. The summed E-state index contributed by atoms with van der Waals surface area (Å²) in [5.74, 6) is -0.437. The lowest BCUT2D eigenvalue weighted by atomic mass is 10.1. The van der Waals surface area contributed by atoms with Crippen LogP contribution in [0.25, 0.3) is 0 Å². The highest BCUT2D eigenvalue weighted by Gasteiger charge is 2.18. The fourth-order valence-corrected chi connectivity index (χ4v) is 2.66. The van der Waals surface area contributed by atoms with Gasteiger partial charge in [0.2, 0.25) is 5.91 Å². The summed E-state index contributed by atoms with van der Waals surface area (Å²) in [6.07, 6.45) is 0. The van der Waals surface area contributed by atoms with Gasteiger partial charge in [-0.3, -0.25) is 4.79 Å². The molecule has 0 saturated heterocycles. The van der Waals surface area contributed by atoms with Gasteiger partial charge in [-0.05, 0) is 44.9 Å². The van der Waals surface area contributed by atoms with Crippen LogP contribution in [-0.4, -0.2) is 23.1 Å². The third-order valence-corrected chi connectivity index (χ3v) is 4.11. The zero-order valence-electron chi connectivity index (χ0n) is 14.7. The van der Waals surface area contributed by atoms with E-state index in [0.29, 0.717) is 18.7 Å². The number of benzene rings is 1. The van der Waals surface area contributed by atoms with E-state index in [1.54, 1.807) is 13.0 Å². The number of esters is 1. The van der Waals surface area contributed by atoms with Crippen LogP contribution in [0.4, 0.5) is 0 Å². The van der Waals surface area contributed by atoms with Crippen LogP contribution >= 0.6 is 0 Å². The predicted molar refractivity (Wildman–Crippen MR) is 92.9 cm³/mol. The maximum absolute atomic E-state index is 12.3. The molecule has 2 rings (SSSR count). The molecule has 0 aliphatic rings. The lowest BCUT2D eigenvalue weighted by Gasteiger charge is -2.11. The van der Waals surface area contributed by atoms with Crippen LogP contribution in [0.15, 0.2) is 30.3 Å². The van der Waals surface area contributed by atoms with Crippen molar-refractivity contribution in [1.29, 1.82) is 0 Å². The van der Waals surface area contributed by atoms with Gasteiger partial charge in [-0.1, -0.05) is 24.3 Å². The van der Waals surface area contributed by atoms with Crippen molar-refractivity contribution in [1.82, 2.24) is 9.88 Å². The van der Waals surface area contributed by atoms with E-state index in [-0.39, 0.29) is 18.4 Å². The third-order valence-electron chi connectivity index (χ3n) is 4.11. The highest BCUT2D eigenvalue weighted by atomic mass is 16.5. The summed E-state index contributed by atoms with van der Waals surface area (Å²) in [5, 5.41) is 2.93. The molecular weight excluding hydrogens is 304 g/mol. The Kier molecular flexibility index (Phi) is 5.79. The second kappa shape index (κ2) is 7.81. The monoisotopic (exact) mass is 328 g/mol. The number of hydrogen-bond acceptors (Lipinski definition) is 3. The lowest BCUT2D eigenvalue weighted by Crippen LogP contribution is -2.28. The fourth-order valence-electron chi connectivity index (χ4n) is 2.66. The van der Waals surface area contributed by atoms with Gasteiger partial charge in [-0.15, -0.1) is 0 Å². The number of ether oxygens (including phenoxy) is 1. The molecule has 0 aliphatic heterocycles.